The Morgan fingerprint density at radius 3 is 1.83 bits per heavy atom. The van der Waals surface area contributed by atoms with Crippen LogP contribution in [0.25, 0.3) is 6.08 Å². The molecule has 0 saturated carbocycles. The molecule has 3 aromatic carbocycles. The maximum absolute atomic E-state index is 13.6. The summed E-state index contributed by atoms with van der Waals surface area (Å²) in [5.74, 6) is -0.0718. The number of likely N-dealkylation sites (tertiary alicyclic amines) is 1. The van der Waals surface area contributed by atoms with Gasteiger partial charge in [0.1, 0.15) is 0 Å². The fraction of sp³-hybridized carbons (Fsp3) is 0.222. The second-order valence-electron chi connectivity index (χ2n) is 7.63. The molecule has 0 aliphatic carbocycles. The van der Waals surface area contributed by atoms with Gasteiger partial charge in [-0.1, -0.05) is 97.1 Å². The highest BCUT2D eigenvalue weighted by atomic mass is 16.1. The smallest absolute Gasteiger partial charge is 0.165 e. The van der Waals surface area contributed by atoms with E-state index in [1.165, 1.54) is 18.4 Å². The second-order valence-corrected chi connectivity index (χ2v) is 7.63. The standard InChI is InChI=1S/C27H27NO/c29-25(19-18-22-12-4-1-5-13-22)26(23-14-6-2-7-15-23)27(28-20-10-11-21-28)24-16-8-3-9-17-24/h1-9,12-19,26-27H,10-11,20-21H2. The number of carbonyl (C=O) groups is 1. The lowest BCUT2D eigenvalue weighted by Gasteiger charge is -2.34. The summed E-state index contributed by atoms with van der Waals surface area (Å²) >= 11 is 0. The Hall–Kier alpha value is -2.97. The van der Waals surface area contributed by atoms with Gasteiger partial charge in [0.05, 0.1) is 5.92 Å². The van der Waals surface area contributed by atoms with Crippen molar-refractivity contribution in [2.75, 3.05) is 13.1 Å². The van der Waals surface area contributed by atoms with Gasteiger partial charge in [-0.2, -0.15) is 0 Å². The van der Waals surface area contributed by atoms with E-state index in [2.05, 4.69) is 41.3 Å². The number of hydrogen-bond acceptors (Lipinski definition) is 2. The van der Waals surface area contributed by atoms with Gasteiger partial charge in [0.15, 0.2) is 5.78 Å². The lowest BCUT2D eigenvalue weighted by molar-refractivity contribution is -0.117. The normalized spacial score (nSPS) is 16.7. The monoisotopic (exact) mass is 381 g/mol. The number of allylic oxidation sites excluding steroid dienone is 1. The second kappa shape index (κ2) is 9.49. The summed E-state index contributed by atoms with van der Waals surface area (Å²) in [6.07, 6.45) is 6.08. The van der Waals surface area contributed by atoms with E-state index in [4.69, 9.17) is 0 Å². The number of hydrogen-bond donors (Lipinski definition) is 0. The Morgan fingerprint density at radius 2 is 1.24 bits per heavy atom. The SMILES string of the molecule is O=C(C=Cc1ccccc1)C(c1ccccc1)C(c1ccccc1)N1CCCC1. The number of carbonyl (C=O) groups excluding carboxylic acids is 1. The van der Waals surface area contributed by atoms with Gasteiger partial charge in [0.25, 0.3) is 0 Å². The molecule has 0 N–H and O–H groups in total. The van der Waals surface area contributed by atoms with E-state index < -0.39 is 0 Å². The Bertz CT molecular complexity index is 928. The van der Waals surface area contributed by atoms with Crippen molar-refractivity contribution in [3.05, 3.63) is 114 Å². The Labute approximate surface area is 173 Å². The van der Waals surface area contributed by atoms with Gasteiger partial charge in [0, 0.05) is 6.04 Å². The van der Waals surface area contributed by atoms with Gasteiger partial charge >= 0.3 is 0 Å². The van der Waals surface area contributed by atoms with Gasteiger partial charge in [-0.25, -0.2) is 0 Å². The van der Waals surface area contributed by atoms with E-state index in [0.29, 0.717) is 0 Å². The summed E-state index contributed by atoms with van der Waals surface area (Å²) in [6.45, 7) is 2.08. The molecule has 0 radical (unpaired) electrons. The van der Waals surface area contributed by atoms with Gasteiger partial charge in [-0.05, 0) is 48.7 Å². The highest BCUT2D eigenvalue weighted by molar-refractivity contribution is 5.99. The van der Waals surface area contributed by atoms with Crippen LogP contribution in [0.5, 0.6) is 0 Å². The van der Waals surface area contributed by atoms with E-state index in [9.17, 15) is 4.79 Å². The van der Waals surface area contributed by atoms with Crippen LogP contribution in [-0.2, 0) is 4.79 Å². The maximum Gasteiger partial charge on any atom is 0.165 e. The van der Waals surface area contributed by atoms with Crippen molar-refractivity contribution >= 4 is 11.9 Å². The third kappa shape index (κ3) is 4.72. The zero-order valence-corrected chi connectivity index (χ0v) is 16.7. The zero-order valence-electron chi connectivity index (χ0n) is 16.7. The summed E-state index contributed by atoms with van der Waals surface area (Å²) in [5, 5.41) is 0. The van der Waals surface area contributed by atoms with Crippen molar-refractivity contribution in [1.82, 2.24) is 4.90 Å². The molecule has 1 fully saturated rings. The third-order valence-electron chi connectivity index (χ3n) is 5.70. The minimum atomic E-state index is -0.225. The molecule has 1 heterocycles. The molecular weight excluding hydrogens is 354 g/mol. The van der Waals surface area contributed by atoms with Crippen LogP contribution in [0.3, 0.4) is 0 Å². The molecule has 3 aromatic rings. The molecule has 0 spiro atoms. The zero-order chi connectivity index (χ0) is 19.9. The van der Waals surface area contributed by atoms with Gasteiger partial charge in [-0.15, -0.1) is 0 Å². The molecule has 1 aliphatic heterocycles. The number of benzene rings is 3. The summed E-state index contributed by atoms with van der Waals surface area (Å²) in [6, 6.07) is 30.8. The molecule has 2 unspecified atom stereocenters. The predicted molar refractivity (Wildman–Crippen MR) is 120 cm³/mol. The lowest BCUT2D eigenvalue weighted by Crippen LogP contribution is -2.33. The highest BCUT2D eigenvalue weighted by Gasteiger charge is 2.35. The summed E-state index contributed by atoms with van der Waals surface area (Å²) < 4.78 is 0. The molecule has 0 amide bonds. The molecule has 1 saturated heterocycles. The molecule has 2 nitrogen and oxygen atoms in total. The van der Waals surface area contributed by atoms with E-state index in [0.717, 1.165) is 24.2 Å². The summed E-state index contributed by atoms with van der Waals surface area (Å²) in [4.78, 5) is 16.1. The lowest BCUT2D eigenvalue weighted by atomic mass is 9.82. The largest absolute Gasteiger partial charge is 0.295 e. The van der Waals surface area contributed by atoms with Gasteiger partial charge in [0.2, 0.25) is 0 Å². The third-order valence-corrected chi connectivity index (χ3v) is 5.70. The van der Waals surface area contributed by atoms with Crippen molar-refractivity contribution in [2.45, 2.75) is 24.8 Å². The first-order valence-corrected chi connectivity index (χ1v) is 10.4. The Kier molecular flexibility index (Phi) is 6.33. The molecule has 4 rings (SSSR count). The quantitative estimate of drug-likeness (QED) is 0.476. The summed E-state index contributed by atoms with van der Waals surface area (Å²) in [7, 11) is 0. The Morgan fingerprint density at radius 1 is 0.724 bits per heavy atom. The average Bonchev–Trinajstić information content (AvgIpc) is 3.32. The fourth-order valence-corrected chi connectivity index (χ4v) is 4.29. The predicted octanol–water partition coefficient (Wildman–Crippen LogP) is 5.89. The van der Waals surface area contributed by atoms with Crippen molar-refractivity contribution in [3.63, 3.8) is 0 Å². The fourth-order valence-electron chi connectivity index (χ4n) is 4.29. The first kappa shape index (κ1) is 19.4. The van der Waals surface area contributed by atoms with Crippen LogP contribution in [0.2, 0.25) is 0 Å². The molecule has 0 aromatic heterocycles. The van der Waals surface area contributed by atoms with Crippen molar-refractivity contribution in [2.24, 2.45) is 0 Å². The van der Waals surface area contributed by atoms with Crippen molar-refractivity contribution in [3.8, 4) is 0 Å². The van der Waals surface area contributed by atoms with Crippen LogP contribution in [-0.4, -0.2) is 23.8 Å². The van der Waals surface area contributed by atoms with E-state index >= 15 is 0 Å². The number of rotatable bonds is 7. The minimum absolute atomic E-state index is 0.0500. The molecule has 29 heavy (non-hydrogen) atoms. The number of ketones is 1. The van der Waals surface area contributed by atoms with Crippen LogP contribution in [0.1, 0.15) is 41.5 Å². The van der Waals surface area contributed by atoms with Gasteiger partial charge in [-0.3, -0.25) is 9.69 Å². The minimum Gasteiger partial charge on any atom is -0.295 e. The van der Waals surface area contributed by atoms with Gasteiger partial charge < -0.3 is 0 Å². The van der Waals surface area contributed by atoms with E-state index in [-0.39, 0.29) is 17.7 Å². The number of nitrogens with zero attached hydrogens (tertiary/aromatic N) is 1. The van der Waals surface area contributed by atoms with Crippen molar-refractivity contribution in [1.29, 1.82) is 0 Å². The van der Waals surface area contributed by atoms with E-state index in [1.807, 2.05) is 60.7 Å². The summed E-state index contributed by atoms with van der Waals surface area (Å²) in [5.41, 5.74) is 3.34. The van der Waals surface area contributed by atoms with Crippen LogP contribution in [0, 0.1) is 0 Å². The first-order chi connectivity index (χ1) is 14.3. The van der Waals surface area contributed by atoms with Crippen LogP contribution in [0.4, 0.5) is 0 Å². The first-order valence-electron chi connectivity index (χ1n) is 10.4. The molecule has 146 valence electrons. The van der Waals surface area contributed by atoms with Crippen LogP contribution in [0.15, 0.2) is 97.1 Å². The molecule has 2 atom stereocenters. The maximum atomic E-state index is 13.6. The van der Waals surface area contributed by atoms with E-state index in [1.54, 1.807) is 6.08 Å². The van der Waals surface area contributed by atoms with Crippen LogP contribution >= 0.6 is 0 Å². The van der Waals surface area contributed by atoms with Crippen molar-refractivity contribution < 1.29 is 4.79 Å². The molecule has 2 heteroatoms. The topological polar surface area (TPSA) is 20.3 Å². The molecule has 0 bridgehead atoms. The highest BCUT2D eigenvalue weighted by Crippen LogP contribution is 2.39. The Balaban J connectivity index is 1.74. The molecular formula is C27H27NO. The average molecular weight is 382 g/mol. The van der Waals surface area contributed by atoms with Crippen LogP contribution < -0.4 is 0 Å². The molecule has 1 aliphatic rings.